The molecule has 0 spiro atoms. The Balaban J connectivity index is 2.77. The summed E-state index contributed by atoms with van der Waals surface area (Å²) in [4.78, 5) is 25.6. The highest BCUT2D eigenvalue weighted by atomic mass is 16.2. The molecule has 1 aliphatic rings. The first-order chi connectivity index (χ1) is 9.50. The predicted molar refractivity (Wildman–Crippen MR) is 76.4 cm³/mol. The largest absolute Gasteiger partial charge is 0.369 e. The van der Waals surface area contributed by atoms with Gasteiger partial charge in [0, 0.05) is 19.0 Å². The first-order valence-electron chi connectivity index (χ1n) is 7.50. The van der Waals surface area contributed by atoms with Gasteiger partial charge in [0.2, 0.25) is 11.8 Å². The minimum absolute atomic E-state index is 0.0633. The Morgan fingerprint density at radius 3 is 2.10 bits per heavy atom. The summed E-state index contributed by atoms with van der Waals surface area (Å²) in [5.41, 5.74) is 4.42. The third kappa shape index (κ3) is 3.50. The Labute approximate surface area is 121 Å². The maximum atomic E-state index is 12.7. The monoisotopic (exact) mass is 279 g/mol. The number of likely N-dealkylation sites (tertiary alicyclic amines) is 1. The zero-order valence-electron chi connectivity index (χ0n) is 12.5. The number of rotatable bonds is 6. The number of primary amides is 1. The molecule has 0 atom stereocenters. The van der Waals surface area contributed by atoms with Crippen LogP contribution >= 0.6 is 0 Å². The van der Waals surface area contributed by atoms with Crippen molar-refractivity contribution < 1.29 is 9.59 Å². The van der Waals surface area contributed by atoms with Crippen molar-refractivity contribution in [3.05, 3.63) is 0 Å². The van der Waals surface area contributed by atoms with Gasteiger partial charge in [-0.05, 0) is 25.7 Å². The van der Waals surface area contributed by atoms with Crippen LogP contribution in [0.5, 0.6) is 0 Å². The number of nitrogens with two attached hydrogens (primary N) is 1. The molecule has 0 aliphatic carbocycles. The fraction of sp³-hybridized carbons (Fsp3) is 0.800. The van der Waals surface area contributed by atoms with Gasteiger partial charge in [0.25, 0.3) is 0 Å². The molecule has 20 heavy (non-hydrogen) atoms. The molecule has 1 heterocycles. The summed E-state index contributed by atoms with van der Waals surface area (Å²) in [6.07, 6.45) is 4.06. The summed E-state index contributed by atoms with van der Waals surface area (Å²) >= 11 is 0. The summed E-state index contributed by atoms with van der Waals surface area (Å²) in [6.45, 7) is 5.05. The molecular formula is C15H25N3O2. The predicted octanol–water partition coefficient (Wildman–Crippen LogP) is 1.82. The van der Waals surface area contributed by atoms with E-state index >= 15 is 0 Å². The lowest BCUT2D eigenvalue weighted by Gasteiger charge is -2.36. The van der Waals surface area contributed by atoms with E-state index in [4.69, 9.17) is 5.73 Å². The van der Waals surface area contributed by atoms with Crippen molar-refractivity contribution in [1.29, 1.82) is 5.26 Å². The van der Waals surface area contributed by atoms with Crippen LogP contribution in [0.25, 0.3) is 0 Å². The first kappa shape index (κ1) is 16.5. The summed E-state index contributed by atoms with van der Waals surface area (Å²) in [5, 5.41) is 9.51. The van der Waals surface area contributed by atoms with E-state index in [1.807, 2.05) is 13.8 Å². The van der Waals surface area contributed by atoms with Crippen molar-refractivity contribution in [3.8, 4) is 6.07 Å². The van der Waals surface area contributed by atoms with E-state index in [1.54, 1.807) is 4.90 Å². The number of nitriles is 1. The second-order valence-electron chi connectivity index (χ2n) is 5.66. The van der Waals surface area contributed by atoms with Crippen molar-refractivity contribution >= 4 is 11.8 Å². The van der Waals surface area contributed by atoms with Gasteiger partial charge in [-0.2, -0.15) is 5.26 Å². The molecule has 0 aromatic heterocycles. The van der Waals surface area contributed by atoms with E-state index < -0.39 is 5.41 Å². The zero-order chi connectivity index (χ0) is 15.2. The van der Waals surface area contributed by atoms with E-state index in [2.05, 4.69) is 6.07 Å². The average Bonchev–Trinajstić information content (AvgIpc) is 2.46. The summed E-state index contributed by atoms with van der Waals surface area (Å²) < 4.78 is 0. The van der Waals surface area contributed by atoms with E-state index in [-0.39, 0.29) is 17.7 Å². The molecule has 5 nitrogen and oxygen atoms in total. The maximum Gasteiger partial charge on any atom is 0.243 e. The lowest BCUT2D eigenvalue weighted by Crippen LogP contribution is -2.48. The molecule has 1 saturated heterocycles. The number of hydrogen-bond acceptors (Lipinski definition) is 3. The lowest BCUT2D eigenvalue weighted by atomic mass is 9.78. The highest BCUT2D eigenvalue weighted by Crippen LogP contribution is 2.33. The van der Waals surface area contributed by atoms with Crippen LogP contribution in [0.4, 0.5) is 0 Å². The quantitative estimate of drug-likeness (QED) is 0.804. The summed E-state index contributed by atoms with van der Waals surface area (Å²) in [7, 11) is 0. The van der Waals surface area contributed by atoms with Gasteiger partial charge in [0.05, 0.1) is 6.07 Å². The van der Waals surface area contributed by atoms with E-state index in [0.717, 1.165) is 12.8 Å². The molecule has 0 aromatic rings. The van der Waals surface area contributed by atoms with Gasteiger partial charge < -0.3 is 10.6 Å². The van der Waals surface area contributed by atoms with Gasteiger partial charge >= 0.3 is 0 Å². The SMILES string of the molecule is CCCC(C#N)(CCC)C(=O)N1CCC(C(N)=O)CC1. The van der Waals surface area contributed by atoms with Crippen LogP contribution in [0.1, 0.15) is 52.4 Å². The third-order valence-corrected chi connectivity index (χ3v) is 4.16. The lowest BCUT2D eigenvalue weighted by molar-refractivity contribution is -0.142. The molecule has 2 amide bonds. The van der Waals surface area contributed by atoms with E-state index in [0.29, 0.717) is 38.8 Å². The van der Waals surface area contributed by atoms with Crippen LogP contribution < -0.4 is 5.73 Å². The van der Waals surface area contributed by atoms with Crippen molar-refractivity contribution in [2.75, 3.05) is 13.1 Å². The fourth-order valence-electron chi connectivity index (χ4n) is 3.02. The number of piperidine rings is 1. The Hall–Kier alpha value is -1.57. The molecule has 0 aromatic carbocycles. The molecular weight excluding hydrogens is 254 g/mol. The fourth-order valence-corrected chi connectivity index (χ4v) is 3.02. The Bertz CT molecular complexity index is 386. The van der Waals surface area contributed by atoms with Gasteiger partial charge in [-0.1, -0.05) is 26.7 Å². The molecule has 0 saturated carbocycles. The molecule has 0 radical (unpaired) electrons. The average molecular weight is 279 g/mol. The topological polar surface area (TPSA) is 87.2 Å². The van der Waals surface area contributed by atoms with Crippen LogP contribution in [-0.2, 0) is 9.59 Å². The summed E-state index contributed by atoms with van der Waals surface area (Å²) in [6, 6.07) is 2.27. The molecule has 0 unspecified atom stereocenters. The molecule has 1 rings (SSSR count). The van der Waals surface area contributed by atoms with Crippen molar-refractivity contribution in [1.82, 2.24) is 4.90 Å². The van der Waals surface area contributed by atoms with Crippen LogP contribution in [0.3, 0.4) is 0 Å². The molecule has 112 valence electrons. The number of hydrogen-bond donors (Lipinski definition) is 1. The van der Waals surface area contributed by atoms with Crippen LogP contribution in [0.2, 0.25) is 0 Å². The van der Waals surface area contributed by atoms with Gasteiger partial charge in [0.15, 0.2) is 0 Å². The van der Waals surface area contributed by atoms with Gasteiger partial charge in [-0.15, -0.1) is 0 Å². The van der Waals surface area contributed by atoms with Crippen LogP contribution in [-0.4, -0.2) is 29.8 Å². The second kappa shape index (κ2) is 7.28. The Morgan fingerprint density at radius 1 is 1.25 bits per heavy atom. The Morgan fingerprint density at radius 2 is 1.75 bits per heavy atom. The van der Waals surface area contributed by atoms with Crippen molar-refractivity contribution in [2.45, 2.75) is 52.4 Å². The molecule has 1 fully saturated rings. The highest BCUT2D eigenvalue weighted by Gasteiger charge is 2.41. The zero-order valence-corrected chi connectivity index (χ0v) is 12.5. The van der Waals surface area contributed by atoms with Crippen molar-refractivity contribution in [2.24, 2.45) is 17.1 Å². The second-order valence-corrected chi connectivity index (χ2v) is 5.66. The highest BCUT2D eigenvalue weighted by molar-refractivity contribution is 5.86. The number of carbonyl (C=O) groups excluding carboxylic acids is 2. The van der Waals surface area contributed by atoms with Crippen LogP contribution in [0, 0.1) is 22.7 Å². The minimum atomic E-state index is -0.886. The minimum Gasteiger partial charge on any atom is -0.369 e. The van der Waals surface area contributed by atoms with Gasteiger partial charge in [-0.25, -0.2) is 0 Å². The standard InChI is InChI=1S/C15H25N3O2/c1-3-7-15(11-16,8-4-2)14(20)18-9-5-12(6-10-18)13(17)19/h12H,3-10H2,1-2H3,(H2,17,19). The van der Waals surface area contributed by atoms with Crippen molar-refractivity contribution in [3.63, 3.8) is 0 Å². The number of nitrogens with zero attached hydrogens (tertiary/aromatic N) is 2. The molecule has 1 aliphatic heterocycles. The normalized spacial score (nSPS) is 16.8. The summed E-state index contributed by atoms with van der Waals surface area (Å²) in [5.74, 6) is -0.481. The molecule has 5 heteroatoms. The van der Waals surface area contributed by atoms with Crippen LogP contribution in [0.15, 0.2) is 0 Å². The Kier molecular flexibility index (Phi) is 6.00. The van der Waals surface area contributed by atoms with Gasteiger partial charge in [0.1, 0.15) is 5.41 Å². The molecule has 0 bridgehead atoms. The number of carbonyl (C=O) groups is 2. The molecule has 2 N–H and O–H groups in total. The number of amides is 2. The first-order valence-corrected chi connectivity index (χ1v) is 7.50. The van der Waals surface area contributed by atoms with E-state index in [9.17, 15) is 14.9 Å². The van der Waals surface area contributed by atoms with E-state index in [1.165, 1.54) is 0 Å². The smallest absolute Gasteiger partial charge is 0.243 e. The maximum absolute atomic E-state index is 12.7. The van der Waals surface area contributed by atoms with Gasteiger partial charge in [-0.3, -0.25) is 9.59 Å². The third-order valence-electron chi connectivity index (χ3n) is 4.16.